The van der Waals surface area contributed by atoms with Crippen LogP contribution in [0.15, 0.2) is 22.7 Å². The quantitative estimate of drug-likeness (QED) is 0.459. The molecule has 2 heterocycles. The number of anilines is 1. The zero-order valence-corrected chi connectivity index (χ0v) is 14.1. The van der Waals surface area contributed by atoms with Gasteiger partial charge in [-0.05, 0) is 26.0 Å². The number of Topliss-reactive ketones (excluding diaryl/α,β-unsaturated/α-hetero) is 1. The normalized spacial score (nSPS) is 15.4. The molecule has 0 saturated carbocycles. The lowest BCUT2D eigenvalue weighted by atomic mass is 10.1. The summed E-state index contributed by atoms with van der Waals surface area (Å²) in [6, 6.07) is 4.65. The highest BCUT2D eigenvalue weighted by atomic mass is 16.6. The van der Waals surface area contributed by atoms with Crippen molar-refractivity contribution in [2.45, 2.75) is 20.4 Å². The van der Waals surface area contributed by atoms with Crippen LogP contribution in [-0.2, 0) is 6.54 Å². The number of nitrogens with zero attached hydrogens (tertiary/aromatic N) is 5. The van der Waals surface area contributed by atoms with Gasteiger partial charge in [-0.2, -0.15) is 4.98 Å². The summed E-state index contributed by atoms with van der Waals surface area (Å²) in [6.45, 7) is 6.49. The summed E-state index contributed by atoms with van der Waals surface area (Å²) in [4.78, 5) is 30.7. The van der Waals surface area contributed by atoms with Crippen LogP contribution in [0.3, 0.4) is 0 Å². The molecule has 1 saturated heterocycles. The maximum Gasteiger partial charge on any atom is 0.293 e. The molecule has 1 aromatic carbocycles. The van der Waals surface area contributed by atoms with E-state index in [9.17, 15) is 14.9 Å². The lowest BCUT2D eigenvalue weighted by molar-refractivity contribution is -0.384. The Morgan fingerprint density at radius 1 is 1.32 bits per heavy atom. The molecule has 0 spiro atoms. The van der Waals surface area contributed by atoms with Crippen LogP contribution >= 0.6 is 0 Å². The van der Waals surface area contributed by atoms with E-state index in [2.05, 4.69) is 15.0 Å². The van der Waals surface area contributed by atoms with Crippen LogP contribution in [0.5, 0.6) is 0 Å². The van der Waals surface area contributed by atoms with E-state index in [0.717, 1.165) is 13.1 Å². The number of hydrogen-bond donors (Lipinski definition) is 0. The lowest BCUT2D eigenvalue weighted by Crippen LogP contribution is -2.46. The molecular formula is C16H19N5O4. The minimum Gasteiger partial charge on any atom is -0.363 e. The maximum absolute atomic E-state index is 11.5. The molecule has 3 rings (SSSR count). The molecule has 0 unspecified atom stereocenters. The highest BCUT2D eigenvalue weighted by Gasteiger charge is 2.25. The molecule has 0 aliphatic carbocycles. The zero-order chi connectivity index (χ0) is 18.0. The average molecular weight is 345 g/mol. The highest BCUT2D eigenvalue weighted by Crippen LogP contribution is 2.30. The first kappa shape index (κ1) is 17.0. The number of ketones is 1. The van der Waals surface area contributed by atoms with Gasteiger partial charge >= 0.3 is 0 Å². The minimum atomic E-state index is -0.435. The Morgan fingerprint density at radius 3 is 2.60 bits per heavy atom. The Morgan fingerprint density at radius 2 is 2.04 bits per heavy atom. The summed E-state index contributed by atoms with van der Waals surface area (Å²) in [7, 11) is 0. The highest BCUT2D eigenvalue weighted by molar-refractivity contribution is 5.95. The van der Waals surface area contributed by atoms with Crippen molar-refractivity contribution in [3.8, 4) is 0 Å². The van der Waals surface area contributed by atoms with E-state index in [0.29, 0.717) is 42.6 Å². The Labute approximate surface area is 144 Å². The molecule has 1 fully saturated rings. The summed E-state index contributed by atoms with van der Waals surface area (Å²) in [5.41, 5.74) is 0.859. The van der Waals surface area contributed by atoms with Crippen LogP contribution in [0.1, 0.15) is 29.0 Å². The van der Waals surface area contributed by atoms with Gasteiger partial charge in [-0.15, -0.1) is 0 Å². The molecule has 25 heavy (non-hydrogen) atoms. The van der Waals surface area contributed by atoms with Crippen LogP contribution < -0.4 is 4.90 Å². The van der Waals surface area contributed by atoms with Gasteiger partial charge in [-0.3, -0.25) is 19.8 Å². The van der Waals surface area contributed by atoms with Crippen molar-refractivity contribution >= 4 is 17.2 Å². The first-order valence-electron chi connectivity index (χ1n) is 8.00. The third-order valence-electron chi connectivity index (χ3n) is 4.22. The second-order valence-corrected chi connectivity index (χ2v) is 6.02. The van der Waals surface area contributed by atoms with Gasteiger partial charge in [0.1, 0.15) is 5.69 Å². The summed E-state index contributed by atoms with van der Waals surface area (Å²) in [5.74, 6) is 0.992. The molecule has 0 N–H and O–H groups in total. The van der Waals surface area contributed by atoms with Crippen LogP contribution in [0.25, 0.3) is 0 Å². The summed E-state index contributed by atoms with van der Waals surface area (Å²) in [5, 5.41) is 15.1. The van der Waals surface area contributed by atoms with Gasteiger partial charge < -0.3 is 9.42 Å². The molecule has 132 valence electrons. The molecule has 2 aromatic rings. The second kappa shape index (κ2) is 6.98. The van der Waals surface area contributed by atoms with E-state index < -0.39 is 4.92 Å². The van der Waals surface area contributed by atoms with Crippen molar-refractivity contribution < 1.29 is 14.2 Å². The number of rotatable bonds is 5. The molecule has 0 bridgehead atoms. The number of carbonyl (C=O) groups excluding carboxylic acids is 1. The van der Waals surface area contributed by atoms with Gasteiger partial charge in [0.15, 0.2) is 11.6 Å². The van der Waals surface area contributed by atoms with Crippen LogP contribution in [0.4, 0.5) is 11.4 Å². The number of piperazine rings is 1. The van der Waals surface area contributed by atoms with Gasteiger partial charge in [0, 0.05) is 37.8 Å². The van der Waals surface area contributed by atoms with E-state index >= 15 is 0 Å². The number of carbonyl (C=O) groups is 1. The third kappa shape index (κ3) is 3.82. The number of aromatic nitrogens is 2. The number of nitro benzene ring substituents is 1. The first-order valence-corrected chi connectivity index (χ1v) is 8.00. The average Bonchev–Trinajstić information content (AvgIpc) is 3.00. The van der Waals surface area contributed by atoms with Crippen LogP contribution in [0, 0.1) is 17.0 Å². The van der Waals surface area contributed by atoms with Crippen LogP contribution in [0.2, 0.25) is 0 Å². The molecule has 1 aromatic heterocycles. The molecule has 0 amide bonds. The SMILES string of the molecule is CC(=O)c1ccc(N2CCN(Cc3nc(C)no3)CC2)c([N+](=O)[O-])c1. The van der Waals surface area contributed by atoms with Gasteiger partial charge in [0.2, 0.25) is 5.89 Å². The summed E-state index contributed by atoms with van der Waals surface area (Å²) < 4.78 is 5.13. The molecule has 0 radical (unpaired) electrons. The van der Waals surface area contributed by atoms with Crippen molar-refractivity contribution in [2.75, 3.05) is 31.1 Å². The van der Waals surface area contributed by atoms with Crippen molar-refractivity contribution in [1.82, 2.24) is 15.0 Å². The number of hydrogen-bond acceptors (Lipinski definition) is 8. The first-order chi connectivity index (χ1) is 11.9. The van der Waals surface area contributed by atoms with Crippen molar-refractivity contribution in [2.24, 2.45) is 0 Å². The topological polar surface area (TPSA) is 106 Å². The fraction of sp³-hybridized carbons (Fsp3) is 0.438. The standard InChI is InChI=1S/C16H19N5O4/c1-11(22)13-3-4-14(15(9-13)21(23)24)20-7-5-19(6-8-20)10-16-17-12(2)18-25-16/h3-4,9H,5-8,10H2,1-2H3. The molecule has 1 aliphatic heterocycles. The molecular weight excluding hydrogens is 326 g/mol. The molecule has 9 heteroatoms. The van der Waals surface area contributed by atoms with E-state index in [1.807, 2.05) is 4.90 Å². The predicted octanol–water partition coefficient (Wildman–Crippen LogP) is 1.81. The second-order valence-electron chi connectivity index (χ2n) is 6.02. The maximum atomic E-state index is 11.5. The predicted molar refractivity (Wildman–Crippen MR) is 89.6 cm³/mol. The summed E-state index contributed by atoms with van der Waals surface area (Å²) in [6.07, 6.45) is 0. The third-order valence-corrected chi connectivity index (χ3v) is 4.22. The Hall–Kier alpha value is -2.81. The van der Waals surface area contributed by atoms with Crippen molar-refractivity contribution in [1.29, 1.82) is 0 Å². The van der Waals surface area contributed by atoms with Gasteiger partial charge in [0.05, 0.1) is 11.5 Å². The molecule has 1 aliphatic rings. The number of aryl methyl sites for hydroxylation is 1. The van der Waals surface area contributed by atoms with E-state index in [1.165, 1.54) is 13.0 Å². The number of benzene rings is 1. The van der Waals surface area contributed by atoms with Gasteiger partial charge in [0.25, 0.3) is 5.69 Å². The van der Waals surface area contributed by atoms with Crippen LogP contribution in [-0.4, -0.2) is 51.9 Å². The van der Waals surface area contributed by atoms with E-state index in [1.54, 1.807) is 19.1 Å². The molecule has 9 nitrogen and oxygen atoms in total. The monoisotopic (exact) mass is 345 g/mol. The summed E-state index contributed by atoms with van der Waals surface area (Å²) >= 11 is 0. The van der Waals surface area contributed by atoms with Gasteiger partial charge in [-0.25, -0.2) is 0 Å². The van der Waals surface area contributed by atoms with Gasteiger partial charge in [-0.1, -0.05) is 5.16 Å². The van der Waals surface area contributed by atoms with E-state index in [4.69, 9.17) is 4.52 Å². The van der Waals surface area contributed by atoms with Crippen molar-refractivity contribution in [3.63, 3.8) is 0 Å². The lowest BCUT2D eigenvalue weighted by Gasteiger charge is -2.35. The largest absolute Gasteiger partial charge is 0.363 e. The Kier molecular flexibility index (Phi) is 4.75. The Bertz CT molecular complexity index is 796. The smallest absolute Gasteiger partial charge is 0.293 e. The van der Waals surface area contributed by atoms with Crippen molar-refractivity contribution in [3.05, 3.63) is 45.6 Å². The fourth-order valence-electron chi connectivity index (χ4n) is 2.90. The molecule has 0 atom stereocenters. The minimum absolute atomic E-state index is 0.0336. The zero-order valence-electron chi connectivity index (χ0n) is 14.1. The van der Waals surface area contributed by atoms with E-state index in [-0.39, 0.29) is 11.5 Å². The number of nitro groups is 1. The Balaban J connectivity index is 1.70. The fourth-order valence-corrected chi connectivity index (χ4v) is 2.90.